The lowest BCUT2D eigenvalue weighted by atomic mass is 9.92. The van der Waals surface area contributed by atoms with Crippen LogP contribution in [-0.4, -0.2) is 0 Å². The van der Waals surface area contributed by atoms with E-state index in [1.165, 1.54) is 0 Å². The summed E-state index contributed by atoms with van der Waals surface area (Å²) in [6, 6.07) is 9.95. The van der Waals surface area contributed by atoms with Crippen LogP contribution in [0.1, 0.15) is 17.9 Å². The summed E-state index contributed by atoms with van der Waals surface area (Å²) < 4.78 is 13.2. The van der Waals surface area contributed by atoms with Crippen molar-refractivity contribution in [1.29, 1.82) is 0 Å². The molecule has 0 amide bonds. The van der Waals surface area contributed by atoms with Crippen molar-refractivity contribution in [2.24, 2.45) is 0 Å². The number of benzene rings is 1. The van der Waals surface area contributed by atoms with E-state index in [2.05, 4.69) is 12.6 Å². The highest BCUT2D eigenvalue weighted by Crippen LogP contribution is 2.32. The van der Waals surface area contributed by atoms with Crippen molar-refractivity contribution in [1.82, 2.24) is 0 Å². The molecule has 1 aromatic rings. The number of hydrogen-bond donors (Lipinski definition) is 1. The molecule has 0 saturated heterocycles. The molecule has 1 aliphatic carbocycles. The average Bonchev–Trinajstić information content (AvgIpc) is 2.23. The molecule has 0 aliphatic heterocycles. The lowest BCUT2D eigenvalue weighted by Gasteiger charge is -2.15. The smallest absolute Gasteiger partial charge is 0.132 e. The lowest BCUT2D eigenvalue weighted by Crippen LogP contribution is -1.99. The van der Waals surface area contributed by atoms with E-state index in [4.69, 9.17) is 0 Å². The van der Waals surface area contributed by atoms with Crippen LogP contribution in [-0.2, 0) is 0 Å². The highest BCUT2D eigenvalue weighted by molar-refractivity contribution is 7.84. The fourth-order valence-electron chi connectivity index (χ4n) is 1.60. The van der Waals surface area contributed by atoms with E-state index in [-0.39, 0.29) is 11.7 Å². The summed E-state index contributed by atoms with van der Waals surface area (Å²) in [6.45, 7) is 0. The Labute approximate surface area is 88.6 Å². The van der Waals surface area contributed by atoms with Gasteiger partial charge in [0.15, 0.2) is 0 Å². The van der Waals surface area contributed by atoms with Crippen LogP contribution < -0.4 is 0 Å². The fraction of sp³-hybridized carbons (Fsp3) is 0.167. The second kappa shape index (κ2) is 4.01. The standard InChI is InChI=1S/C12H11FS/c13-11-8-10(6-7-12(11)14)9-4-2-1-3-5-9/h1-5,7-8,10,14H,6H2. The number of halogens is 1. The first-order chi connectivity index (χ1) is 6.77. The van der Waals surface area contributed by atoms with Crippen LogP contribution in [0.3, 0.4) is 0 Å². The summed E-state index contributed by atoms with van der Waals surface area (Å²) in [6.07, 6.45) is 4.30. The van der Waals surface area contributed by atoms with Crippen LogP contribution in [0, 0.1) is 0 Å². The highest BCUT2D eigenvalue weighted by atomic mass is 32.1. The van der Waals surface area contributed by atoms with E-state index in [1.807, 2.05) is 36.4 Å². The van der Waals surface area contributed by atoms with Crippen molar-refractivity contribution in [3.8, 4) is 0 Å². The minimum atomic E-state index is -0.214. The zero-order valence-corrected chi connectivity index (χ0v) is 8.55. The third kappa shape index (κ3) is 1.90. The molecule has 0 saturated carbocycles. The molecule has 0 bridgehead atoms. The lowest BCUT2D eigenvalue weighted by molar-refractivity contribution is 0.636. The van der Waals surface area contributed by atoms with Gasteiger partial charge in [-0.3, -0.25) is 0 Å². The summed E-state index contributed by atoms with van der Waals surface area (Å²) in [7, 11) is 0. The average molecular weight is 206 g/mol. The molecule has 0 radical (unpaired) electrons. The molecule has 14 heavy (non-hydrogen) atoms. The van der Waals surface area contributed by atoms with Crippen LogP contribution in [0.5, 0.6) is 0 Å². The third-order valence-corrected chi connectivity index (χ3v) is 2.78. The Hall–Kier alpha value is -1.02. The van der Waals surface area contributed by atoms with Gasteiger partial charge in [-0.1, -0.05) is 36.4 Å². The van der Waals surface area contributed by atoms with E-state index < -0.39 is 0 Å². The van der Waals surface area contributed by atoms with Crippen LogP contribution in [0.2, 0.25) is 0 Å². The molecular weight excluding hydrogens is 195 g/mol. The molecule has 0 N–H and O–H groups in total. The molecule has 1 aliphatic rings. The fourth-order valence-corrected chi connectivity index (χ4v) is 1.78. The largest absolute Gasteiger partial charge is 0.206 e. The van der Waals surface area contributed by atoms with Crippen LogP contribution in [0.25, 0.3) is 0 Å². The van der Waals surface area contributed by atoms with Gasteiger partial charge in [-0.2, -0.15) is 0 Å². The van der Waals surface area contributed by atoms with Gasteiger partial charge in [0.1, 0.15) is 5.83 Å². The normalized spacial score (nSPS) is 21.4. The van der Waals surface area contributed by atoms with Gasteiger partial charge in [-0.15, -0.1) is 12.6 Å². The van der Waals surface area contributed by atoms with Crippen molar-refractivity contribution in [2.45, 2.75) is 12.3 Å². The Balaban J connectivity index is 2.25. The Morgan fingerprint density at radius 3 is 2.57 bits per heavy atom. The van der Waals surface area contributed by atoms with Gasteiger partial charge >= 0.3 is 0 Å². The van der Waals surface area contributed by atoms with Gasteiger partial charge in [-0.25, -0.2) is 4.39 Å². The summed E-state index contributed by atoms with van der Waals surface area (Å²) in [5, 5.41) is 0. The first-order valence-electron chi connectivity index (χ1n) is 4.59. The Bertz CT molecular complexity index is 379. The molecule has 0 fully saturated rings. The van der Waals surface area contributed by atoms with Crippen molar-refractivity contribution >= 4 is 12.6 Å². The molecule has 1 aromatic carbocycles. The highest BCUT2D eigenvalue weighted by Gasteiger charge is 2.14. The molecule has 2 heteroatoms. The van der Waals surface area contributed by atoms with Gasteiger partial charge in [0.25, 0.3) is 0 Å². The van der Waals surface area contributed by atoms with Crippen LogP contribution in [0.15, 0.2) is 53.2 Å². The zero-order chi connectivity index (χ0) is 9.97. The predicted molar refractivity (Wildman–Crippen MR) is 60.1 cm³/mol. The maximum Gasteiger partial charge on any atom is 0.132 e. The van der Waals surface area contributed by atoms with Gasteiger partial charge in [0.05, 0.1) is 0 Å². The second-order valence-electron chi connectivity index (χ2n) is 3.36. The minimum absolute atomic E-state index is 0.159. The van der Waals surface area contributed by atoms with E-state index >= 15 is 0 Å². The molecule has 1 unspecified atom stereocenters. The molecule has 0 aromatic heterocycles. The molecule has 0 spiro atoms. The third-order valence-electron chi connectivity index (χ3n) is 2.39. The SMILES string of the molecule is FC1=CC(c2ccccc2)CC=C1S. The molecule has 2 rings (SSSR count). The van der Waals surface area contributed by atoms with Crippen molar-refractivity contribution < 1.29 is 4.39 Å². The minimum Gasteiger partial charge on any atom is -0.206 e. The Morgan fingerprint density at radius 2 is 1.93 bits per heavy atom. The monoisotopic (exact) mass is 206 g/mol. The van der Waals surface area contributed by atoms with Crippen LogP contribution >= 0.6 is 12.6 Å². The summed E-state index contributed by atoms with van der Waals surface area (Å²) in [4.78, 5) is 0.456. The van der Waals surface area contributed by atoms with Gasteiger partial charge in [0, 0.05) is 10.8 Å². The summed E-state index contributed by atoms with van der Waals surface area (Å²) in [5.74, 6) is -0.0551. The molecule has 0 heterocycles. The second-order valence-corrected chi connectivity index (χ2v) is 3.84. The maximum atomic E-state index is 13.2. The molecule has 0 nitrogen and oxygen atoms in total. The van der Waals surface area contributed by atoms with E-state index in [0.29, 0.717) is 4.91 Å². The van der Waals surface area contributed by atoms with Gasteiger partial charge < -0.3 is 0 Å². The Morgan fingerprint density at radius 1 is 1.21 bits per heavy atom. The van der Waals surface area contributed by atoms with Gasteiger partial charge in [0.2, 0.25) is 0 Å². The molecular formula is C12H11FS. The number of allylic oxidation sites excluding steroid dienone is 3. The quantitative estimate of drug-likeness (QED) is 0.663. The van der Waals surface area contributed by atoms with Crippen molar-refractivity contribution in [3.05, 3.63) is 58.8 Å². The van der Waals surface area contributed by atoms with E-state index in [0.717, 1.165) is 12.0 Å². The van der Waals surface area contributed by atoms with Crippen LogP contribution in [0.4, 0.5) is 4.39 Å². The summed E-state index contributed by atoms with van der Waals surface area (Å²) >= 11 is 4.03. The first kappa shape index (κ1) is 9.53. The predicted octanol–water partition coefficient (Wildman–Crippen LogP) is 3.84. The maximum absolute atomic E-state index is 13.2. The zero-order valence-electron chi connectivity index (χ0n) is 7.65. The molecule has 1 atom stereocenters. The number of hydrogen-bond acceptors (Lipinski definition) is 1. The first-order valence-corrected chi connectivity index (χ1v) is 5.04. The van der Waals surface area contributed by atoms with E-state index in [1.54, 1.807) is 6.08 Å². The van der Waals surface area contributed by atoms with Crippen molar-refractivity contribution in [2.75, 3.05) is 0 Å². The van der Waals surface area contributed by atoms with Gasteiger partial charge in [-0.05, 0) is 18.1 Å². The Kier molecular flexibility index (Phi) is 2.73. The summed E-state index contributed by atoms with van der Waals surface area (Å²) in [5.41, 5.74) is 1.15. The number of rotatable bonds is 1. The number of thiol groups is 1. The van der Waals surface area contributed by atoms with Crippen molar-refractivity contribution in [3.63, 3.8) is 0 Å². The topological polar surface area (TPSA) is 0 Å². The molecule has 72 valence electrons. The van der Waals surface area contributed by atoms with E-state index in [9.17, 15) is 4.39 Å².